The molecule has 1 saturated heterocycles. The number of hydrogen-bond acceptors (Lipinski definition) is 4. The van der Waals surface area contributed by atoms with Gasteiger partial charge in [-0.3, -0.25) is 9.69 Å². The second-order valence-corrected chi connectivity index (χ2v) is 5.90. The number of nitriles is 1. The maximum atomic E-state index is 12.0. The van der Waals surface area contributed by atoms with Crippen LogP contribution in [0.4, 0.5) is 5.69 Å². The minimum Gasteiger partial charge on any atom is -0.328 e. The van der Waals surface area contributed by atoms with Gasteiger partial charge in [-0.15, -0.1) is 0 Å². The van der Waals surface area contributed by atoms with E-state index in [9.17, 15) is 4.79 Å². The number of hydrogen-bond donors (Lipinski definition) is 2. The summed E-state index contributed by atoms with van der Waals surface area (Å²) in [6, 6.07) is 7.01. The largest absolute Gasteiger partial charge is 0.328 e. The van der Waals surface area contributed by atoms with Crippen LogP contribution < -0.4 is 11.1 Å². The Hall–Kier alpha value is -1.61. The summed E-state index contributed by atoms with van der Waals surface area (Å²) in [5.41, 5.74) is 6.89. The van der Waals surface area contributed by atoms with Crippen LogP contribution in [-0.2, 0) is 4.79 Å². The molecule has 2 unspecified atom stereocenters. The van der Waals surface area contributed by atoms with Gasteiger partial charge in [0.1, 0.15) is 6.07 Å². The normalized spacial score (nSPS) is 20.0. The molecule has 1 aliphatic heterocycles. The van der Waals surface area contributed by atoms with Crippen LogP contribution in [-0.4, -0.2) is 36.5 Å². The van der Waals surface area contributed by atoms with Gasteiger partial charge in [-0.1, -0.05) is 11.6 Å². The molecule has 1 aromatic rings. The van der Waals surface area contributed by atoms with Gasteiger partial charge in [0.25, 0.3) is 0 Å². The smallest absolute Gasteiger partial charge is 0.238 e. The molecule has 1 aromatic carbocycles. The molecule has 0 aliphatic carbocycles. The second-order valence-electron chi connectivity index (χ2n) is 5.50. The number of carbonyl (C=O) groups is 1. The van der Waals surface area contributed by atoms with Gasteiger partial charge in [0.05, 0.1) is 17.1 Å². The van der Waals surface area contributed by atoms with Crippen molar-refractivity contribution < 1.29 is 4.79 Å². The van der Waals surface area contributed by atoms with Crippen molar-refractivity contribution in [2.45, 2.75) is 19.4 Å². The van der Waals surface area contributed by atoms with E-state index in [1.54, 1.807) is 18.2 Å². The fourth-order valence-corrected chi connectivity index (χ4v) is 2.75. The molecular weight excluding hydrogens is 288 g/mol. The summed E-state index contributed by atoms with van der Waals surface area (Å²) in [5.74, 6) is 0.378. The highest BCUT2D eigenvalue weighted by molar-refractivity contribution is 6.32. The zero-order valence-corrected chi connectivity index (χ0v) is 12.7. The highest BCUT2D eigenvalue weighted by Gasteiger charge is 2.26. The summed E-state index contributed by atoms with van der Waals surface area (Å²) in [5, 5.41) is 12.0. The van der Waals surface area contributed by atoms with Gasteiger partial charge in [0.15, 0.2) is 0 Å². The average Bonchev–Trinajstić information content (AvgIpc) is 2.87. The van der Waals surface area contributed by atoms with E-state index in [-0.39, 0.29) is 11.9 Å². The van der Waals surface area contributed by atoms with E-state index in [0.29, 0.717) is 28.7 Å². The number of amides is 1. The maximum Gasteiger partial charge on any atom is 0.238 e. The number of halogens is 1. The van der Waals surface area contributed by atoms with E-state index in [0.717, 1.165) is 19.5 Å². The highest BCUT2D eigenvalue weighted by Crippen LogP contribution is 2.21. The van der Waals surface area contributed by atoms with Crippen LogP contribution in [0.3, 0.4) is 0 Å². The van der Waals surface area contributed by atoms with Crippen molar-refractivity contribution in [1.82, 2.24) is 4.90 Å². The van der Waals surface area contributed by atoms with Crippen molar-refractivity contribution in [2.75, 3.05) is 25.0 Å². The first-order valence-corrected chi connectivity index (χ1v) is 7.35. The highest BCUT2D eigenvalue weighted by atomic mass is 35.5. The summed E-state index contributed by atoms with van der Waals surface area (Å²) < 4.78 is 0. The monoisotopic (exact) mass is 306 g/mol. The third kappa shape index (κ3) is 4.18. The molecule has 0 aromatic heterocycles. The Morgan fingerprint density at radius 2 is 2.43 bits per heavy atom. The second kappa shape index (κ2) is 6.90. The van der Waals surface area contributed by atoms with Crippen molar-refractivity contribution in [3.8, 4) is 6.07 Å². The molecule has 0 radical (unpaired) electrons. The van der Waals surface area contributed by atoms with Crippen molar-refractivity contribution in [2.24, 2.45) is 11.7 Å². The molecule has 0 bridgehead atoms. The molecule has 1 aliphatic rings. The van der Waals surface area contributed by atoms with Gasteiger partial charge in [-0.2, -0.15) is 5.26 Å². The predicted octanol–water partition coefficient (Wildman–Crippen LogP) is 1.82. The van der Waals surface area contributed by atoms with Crippen LogP contribution in [0.15, 0.2) is 18.2 Å². The zero-order chi connectivity index (χ0) is 15.4. The van der Waals surface area contributed by atoms with Crippen LogP contribution in [0.2, 0.25) is 5.02 Å². The van der Waals surface area contributed by atoms with E-state index >= 15 is 0 Å². The third-order valence-electron chi connectivity index (χ3n) is 3.79. The molecule has 5 nitrogen and oxygen atoms in total. The lowest BCUT2D eigenvalue weighted by atomic mass is 10.0. The Bertz CT molecular complexity index is 567. The predicted molar refractivity (Wildman–Crippen MR) is 83.0 cm³/mol. The fourth-order valence-electron chi connectivity index (χ4n) is 2.52. The summed E-state index contributed by atoms with van der Waals surface area (Å²) in [6.45, 7) is 4.11. The number of rotatable bonds is 4. The molecule has 0 spiro atoms. The Balaban J connectivity index is 1.88. The Labute approximate surface area is 129 Å². The number of nitrogens with two attached hydrogens (primary N) is 1. The van der Waals surface area contributed by atoms with Gasteiger partial charge in [-0.25, -0.2) is 0 Å². The number of anilines is 1. The molecule has 1 amide bonds. The molecule has 3 N–H and O–H groups in total. The molecule has 112 valence electrons. The van der Waals surface area contributed by atoms with Gasteiger partial charge in [0.2, 0.25) is 5.91 Å². The Morgan fingerprint density at radius 1 is 1.67 bits per heavy atom. The fraction of sp³-hybridized carbons (Fsp3) is 0.467. The first kappa shape index (κ1) is 15.8. The molecular formula is C15H19ClN4O. The van der Waals surface area contributed by atoms with Crippen LogP contribution >= 0.6 is 11.6 Å². The number of benzene rings is 1. The van der Waals surface area contributed by atoms with Crippen LogP contribution in [0.5, 0.6) is 0 Å². The van der Waals surface area contributed by atoms with Crippen molar-refractivity contribution >= 4 is 23.2 Å². The van der Waals surface area contributed by atoms with Crippen LogP contribution in [0.25, 0.3) is 0 Å². The van der Waals surface area contributed by atoms with Crippen LogP contribution in [0.1, 0.15) is 18.9 Å². The summed E-state index contributed by atoms with van der Waals surface area (Å²) in [6.07, 6.45) is 1.04. The van der Waals surface area contributed by atoms with Crippen molar-refractivity contribution in [1.29, 1.82) is 5.26 Å². The minimum atomic E-state index is -0.0823. The number of carbonyl (C=O) groups excluding carboxylic acids is 1. The van der Waals surface area contributed by atoms with Crippen molar-refractivity contribution in [3.05, 3.63) is 28.8 Å². The van der Waals surface area contributed by atoms with E-state index in [2.05, 4.69) is 10.2 Å². The number of likely N-dealkylation sites (tertiary alicyclic amines) is 1. The zero-order valence-electron chi connectivity index (χ0n) is 12.0. The van der Waals surface area contributed by atoms with Crippen LogP contribution in [0, 0.1) is 17.2 Å². The Morgan fingerprint density at radius 3 is 3.00 bits per heavy atom. The number of nitrogens with one attached hydrogen (secondary N) is 1. The summed E-state index contributed by atoms with van der Waals surface area (Å²) in [4.78, 5) is 14.1. The van der Waals surface area contributed by atoms with Gasteiger partial charge in [0, 0.05) is 18.3 Å². The standard InChI is InChI=1S/C15H19ClN4O/c1-10(18)12-4-5-20(8-12)9-15(21)19-13-3-2-11(7-17)14(16)6-13/h2-3,6,10,12H,4-5,8-9,18H2,1H3,(H,19,21). The van der Waals surface area contributed by atoms with Gasteiger partial charge < -0.3 is 11.1 Å². The molecule has 2 rings (SSSR count). The topological polar surface area (TPSA) is 82.2 Å². The molecule has 6 heteroatoms. The lowest BCUT2D eigenvalue weighted by Crippen LogP contribution is -2.34. The molecule has 1 heterocycles. The summed E-state index contributed by atoms with van der Waals surface area (Å²) >= 11 is 5.94. The molecule has 2 atom stereocenters. The van der Waals surface area contributed by atoms with E-state index in [1.807, 2.05) is 13.0 Å². The average molecular weight is 307 g/mol. The molecule has 1 fully saturated rings. The van der Waals surface area contributed by atoms with E-state index in [4.69, 9.17) is 22.6 Å². The number of nitrogens with zero attached hydrogens (tertiary/aromatic N) is 2. The maximum absolute atomic E-state index is 12.0. The lowest BCUT2D eigenvalue weighted by molar-refractivity contribution is -0.117. The lowest BCUT2D eigenvalue weighted by Gasteiger charge is -2.17. The molecule has 21 heavy (non-hydrogen) atoms. The quantitative estimate of drug-likeness (QED) is 0.889. The first-order chi connectivity index (χ1) is 9.99. The van der Waals surface area contributed by atoms with Gasteiger partial charge >= 0.3 is 0 Å². The summed E-state index contributed by atoms with van der Waals surface area (Å²) in [7, 11) is 0. The molecule has 0 saturated carbocycles. The van der Waals surface area contributed by atoms with Crippen molar-refractivity contribution in [3.63, 3.8) is 0 Å². The SMILES string of the molecule is CC(N)C1CCN(CC(=O)Nc2ccc(C#N)c(Cl)c2)C1. The minimum absolute atomic E-state index is 0.0823. The van der Waals surface area contributed by atoms with Gasteiger partial charge in [-0.05, 0) is 44.0 Å². The van der Waals surface area contributed by atoms with E-state index in [1.165, 1.54) is 0 Å². The van der Waals surface area contributed by atoms with E-state index < -0.39 is 0 Å². The first-order valence-electron chi connectivity index (χ1n) is 6.97. The Kier molecular flexibility index (Phi) is 5.18. The third-order valence-corrected chi connectivity index (χ3v) is 4.11.